The molecule has 1 saturated heterocycles. The van der Waals surface area contributed by atoms with Crippen molar-refractivity contribution >= 4 is 5.91 Å². The zero-order valence-corrected chi connectivity index (χ0v) is 34.1. The van der Waals surface area contributed by atoms with Crippen molar-refractivity contribution in [1.82, 2.24) is 5.32 Å². The molecule has 0 spiro atoms. The van der Waals surface area contributed by atoms with Crippen LogP contribution in [0.15, 0.2) is 11.6 Å². The van der Waals surface area contributed by atoms with Crippen LogP contribution in [0.1, 0.15) is 194 Å². The van der Waals surface area contributed by atoms with Crippen LogP contribution >= 0.6 is 0 Å². The molecular formula is C43H83NO9. The first-order valence-electron chi connectivity index (χ1n) is 21.9. The minimum Gasteiger partial charge on any atom is -0.394 e. The van der Waals surface area contributed by atoms with Gasteiger partial charge in [-0.15, -0.1) is 0 Å². The minimum atomic E-state index is -1.60. The third-order valence-electron chi connectivity index (χ3n) is 10.8. The number of hydrogen-bond acceptors (Lipinski definition) is 9. The molecule has 1 amide bonds. The van der Waals surface area contributed by atoms with Gasteiger partial charge in [-0.1, -0.05) is 160 Å². The molecule has 1 fully saturated rings. The largest absolute Gasteiger partial charge is 0.394 e. The highest BCUT2D eigenvalue weighted by molar-refractivity contribution is 5.80. The van der Waals surface area contributed by atoms with Gasteiger partial charge in [0.25, 0.3) is 0 Å². The minimum absolute atomic E-state index is 0.265. The molecule has 0 aliphatic carbocycles. The normalized spacial score (nSPS) is 22.5. The van der Waals surface area contributed by atoms with Crippen LogP contribution in [0.4, 0.5) is 0 Å². The number of amides is 1. The van der Waals surface area contributed by atoms with E-state index in [0.717, 1.165) is 51.4 Å². The molecule has 10 nitrogen and oxygen atoms in total. The van der Waals surface area contributed by atoms with E-state index in [-0.39, 0.29) is 6.61 Å². The van der Waals surface area contributed by atoms with Crippen LogP contribution in [-0.2, 0) is 14.3 Å². The van der Waals surface area contributed by atoms with Crippen LogP contribution in [0.25, 0.3) is 0 Å². The maximum absolute atomic E-state index is 13.0. The summed E-state index contributed by atoms with van der Waals surface area (Å²) in [5.74, 6) is -0.593. The number of aliphatic hydroxyl groups excluding tert-OH is 6. The molecule has 1 aliphatic heterocycles. The van der Waals surface area contributed by atoms with Crippen LogP contribution in [0.3, 0.4) is 0 Å². The maximum atomic E-state index is 13.0. The van der Waals surface area contributed by atoms with Crippen molar-refractivity contribution in [2.45, 2.75) is 243 Å². The first-order chi connectivity index (χ1) is 25.7. The summed E-state index contributed by atoms with van der Waals surface area (Å²) in [6, 6.07) is -0.907. The molecule has 1 rings (SSSR count). The lowest BCUT2D eigenvalue weighted by Gasteiger charge is -2.40. The fraction of sp³-hybridized carbons (Fsp3) is 0.930. The van der Waals surface area contributed by atoms with Crippen molar-refractivity contribution in [1.29, 1.82) is 0 Å². The Balaban J connectivity index is 2.50. The first kappa shape index (κ1) is 49.9. The van der Waals surface area contributed by atoms with Gasteiger partial charge in [-0.3, -0.25) is 4.79 Å². The summed E-state index contributed by atoms with van der Waals surface area (Å²) in [4.78, 5) is 13.0. The predicted molar refractivity (Wildman–Crippen MR) is 213 cm³/mol. The molecule has 1 heterocycles. The highest BCUT2D eigenvalue weighted by Gasteiger charge is 2.44. The summed E-state index contributed by atoms with van der Waals surface area (Å²) in [5, 5.41) is 64.7. The molecule has 10 heteroatoms. The van der Waals surface area contributed by atoms with Gasteiger partial charge in [-0.25, -0.2) is 0 Å². The van der Waals surface area contributed by atoms with Crippen LogP contribution in [0, 0.1) is 0 Å². The van der Waals surface area contributed by atoms with Crippen LogP contribution in [-0.4, -0.2) is 98.7 Å². The van der Waals surface area contributed by atoms with Gasteiger partial charge in [0.2, 0.25) is 5.91 Å². The van der Waals surface area contributed by atoms with Gasteiger partial charge < -0.3 is 45.4 Å². The lowest BCUT2D eigenvalue weighted by atomic mass is 9.99. The Morgan fingerprint density at radius 2 is 1.17 bits per heavy atom. The molecule has 7 N–H and O–H groups in total. The van der Waals surface area contributed by atoms with Gasteiger partial charge in [0.05, 0.1) is 25.4 Å². The summed E-state index contributed by atoms with van der Waals surface area (Å²) in [6.45, 7) is 5.81. The number of hydrogen-bond donors (Lipinski definition) is 7. The summed E-state index contributed by atoms with van der Waals surface area (Å²) in [7, 11) is 0. The fourth-order valence-corrected chi connectivity index (χ4v) is 7.11. The molecule has 314 valence electrons. The zero-order chi connectivity index (χ0) is 39.1. The van der Waals surface area contributed by atoms with Crippen molar-refractivity contribution in [3.63, 3.8) is 0 Å². The monoisotopic (exact) mass is 758 g/mol. The standard InChI is InChI=1S/C43H83NO9/c1-4-6-8-10-12-14-16-18-20-22-26-31-37(47)42(51)44-35(33-52-43-41(50)40(49)39(48)38(32-45)53-43)36(46)30-27-23-25-29-34(3)28-24-21-19-17-15-13-11-9-7-5-2/h29,35-41,43,45-50H,4-28,30-33H2,1-3H3,(H,44,51)/b34-29+/t35-,36+,37+,38+,39+,40?,41?,43+/m0/s1. The number of aliphatic hydroxyl groups is 6. The highest BCUT2D eigenvalue weighted by Crippen LogP contribution is 2.23. The van der Waals surface area contributed by atoms with E-state index in [1.54, 1.807) is 0 Å². The van der Waals surface area contributed by atoms with Crippen molar-refractivity contribution in [3.05, 3.63) is 11.6 Å². The van der Waals surface area contributed by atoms with Gasteiger partial charge in [-0.2, -0.15) is 0 Å². The Morgan fingerprint density at radius 1 is 0.679 bits per heavy atom. The second kappa shape index (κ2) is 33.1. The van der Waals surface area contributed by atoms with E-state index in [4.69, 9.17) is 9.47 Å². The predicted octanol–water partition coefficient (Wildman–Crippen LogP) is 7.53. The number of ether oxygens (including phenoxy) is 2. The second-order valence-corrected chi connectivity index (χ2v) is 15.8. The van der Waals surface area contributed by atoms with Crippen LogP contribution in [0.5, 0.6) is 0 Å². The number of nitrogens with one attached hydrogen (secondary N) is 1. The quantitative estimate of drug-likeness (QED) is 0.0255. The fourth-order valence-electron chi connectivity index (χ4n) is 7.11. The Bertz CT molecular complexity index is 888. The van der Waals surface area contributed by atoms with E-state index in [9.17, 15) is 35.4 Å². The molecule has 0 radical (unpaired) electrons. The molecular weight excluding hydrogens is 674 g/mol. The van der Waals surface area contributed by atoms with Gasteiger partial charge in [0, 0.05) is 0 Å². The van der Waals surface area contributed by atoms with Crippen molar-refractivity contribution in [3.8, 4) is 0 Å². The third kappa shape index (κ3) is 24.2. The molecule has 0 aromatic carbocycles. The van der Waals surface area contributed by atoms with Crippen molar-refractivity contribution < 1.29 is 44.9 Å². The molecule has 0 aromatic heterocycles. The van der Waals surface area contributed by atoms with E-state index in [1.807, 2.05) is 0 Å². The number of rotatable bonds is 35. The first-order valence-corrected chi connectivity index (χ1v) is 21.9. The highest BCUT2D eigenvalue weighted by atomic mass is 16.7. The zero-order valence-electron chi connectivity index (χ0n) is 34.1. The van der Waals surface area contributed by atoms with Crippen LogP contribution < -0.4 is 5.32 Å². The van der Waals surface area contributed by atoms with Crippen molar-refractivity contribution in [2.75, 3.05) is 13.2 Å². The van der Waals surface area contributed by atoms with Crippen LogP contribution in [0.2, 0.25) is 0 Å². The van der Waals surface area contributed by atoms with Gasteiger partial charge in [-0.05, 0) is 45.4 Å². The smallest absolute Gasteiger partial charge is 0.249 e. The average Bonchev–Trinajstić information content (AvgIpc) is 3.15. The van der Waals surface area contributed by atoms with E-state index < -0.39 is 61.5 Å². The molecule has 2 unspecified atom stereocenters. The molecule has 1 aliphatic rings. The summed E-state index contributed by atoms with van der Waals surface area (Å²) in [5.41, 5.74) is 1.40. The molecule has 8 atom stereocenters. The van der Waals surface area contributed by atoms with E-state index >= 15 is 0 Å². The number of allylic oxidation sites excluding steroid dienone is 2. The third-order valence-corrected chi connectivity index (χ3v) is 10.8. The van der Waals surface area contributed by atoms with E-state index in [0.29, 0.717) is 12.8 Å². The lowest BCUT2D eigenvalue weighted by Crippen LogP contribution is -2.60. The lowest BCUT2D eigenvalue weighted by molar-refractivity contribution is -0.302. The maximum Gasteiger partial charge on any atom is 0.249 e. The number of carbonyl (C=O) groups excluding carboxylic acids is 1. The van der Waals surface area contributed by atoms with Gasteiger partial charge in [0.1, 0.15) is 30.5 Å². The van der Waals surface area contributed by atoms with E-state index in [1.165, 1.54) is 115 Å². The average molecular weight is 758 g/mol. The van der Waals surface area contributed by atoms with E-state index in [2.05, 4.69) is 32.2 Å². The number of carbonyl (C=O) groups is 1. The molecule has 53 heavy (non-hydrogen) atoms. The second-order valence-electron chi connectivity index (χ2n) is 15.8. The summed E-state index contributed by atoms with van der Waals surface area (Å²) < 4.78 is 11.2. The molecule has 0 bridgehead atoms. The molecule has 0 saturated carbocycles. The topological polar surface area (TPSA) is 169 Å². The summed E-state index contributed by atoms with van der Waals surface area (Å²) >= 11 is 0. The van der Waals surface area contributed by atoms with Crippen molar-refractivity contribution in [2.24, 2.45) is 0 Å². The Morgan fingerprint density at radius 3 is 1.70 bits per heavy atom. The summed E-state index contributed by atoms with van der Waals surface area (Å²) in [6.07, 6.45) is 23.4. The van der Waals surface area contributed by atoms with Gasteiger partial charge in [0.15, 0.2) is 6.29 Å². The molecule has 0 aromatic rings. The Hall–Kier alpha value is -1.11. The van der Waals surface area contributed by atoms with Gasteiger partial charge >= 0.3 is 0 Å². The Kier molecular flexibility index (Phi) is 31.1. The Labute approximate surface area is 323 Å². The SMILES string of the molecule is CCCCCCCCCCCCC[C@@H](O)C(=O)N[C@@H](CO[C@@H]1O[C@H](CO)[C@@H](O)C(O)C1O)[C@H](O)CCCC/C=C(\C)CCCCCCCCCCCC. The number of unbranched alkanes of at least 4 members (excludes halogenated alkanes) is 21.